The van der Waals surface area contributed by atoms with Crippen molar-refractivity contribution in [3.8, 4) is 0 Å². The van der Waals surface area contributed by atoms with Crippen molar-refractivity contribution in [2.75, 3.05) is 19.8 Å². The Hall–Kier alpha value is -1.33. The molecule has 1 aromatic heterocycles. The molecule has 0 bridgehead atoms. The normalized spacial score (nSPS) is 10.9. The van der Waals surface area contributed by atoms with Crippen LogP contribution in [0.3, 0.4) is 0 Å². The predicted octanol–water partition coefficient (Wildman–Crippen LogP) is 3.37. The van der Waals surface area contributed by atoms with Crippen LogP contribution in [0.1, 0.15) is 13.3 Å². The largest absolute Gasteiger partial charge is 0.462 e. The van der Waals surface area contributed by atoms with Gasteiger partial charge in [-0.15, -0.1) is 0 Å². The third kappa shape index (κ3) is 4.08. The van der Waals surface area contributed by atoms with E-state index < -0.39 is 0 Å². The second-order valence-corrected chi connectivity index (χ2v) is 5.40. The Morgan fingerprint density at radius 2 is 2.10 bits per heavy atom. The second-order valence-electron chi connectivity index (χ2n) is 4.48. The van der Waals surface area contributed by atoms with Gasteiger partial charge in [0.25, 0.3) is 0 Å². The summed E-state index contributed by atoms with van der Waals surface area (Å²) in [5.74, 6) is -0.245. The summed E-state index contributed by atoms with van der Waals surface area (Å²) in [6, 6.07) is 7.95. The molecule has 2 aromatic rings. The predicted molar refractivity (Wildman–Crippen MR) is 81.7 cm³/mol. The molecule has 0 aliphatic rings. The van der Waals surface area contributed by atoms with Gasteiger partial charge in [-0.05, 0) is 30.7 Å². The molecule has 0 saturated carbocycles. The van der Waals surface area contributed by atoms with E-state index >= 15 is 0 Å². The first kappa shape index (κ1) is 15.1. The van der Waals surface area contributed by atoms with E-state index in [0.717, 1.165) is 21.8 Å². The van der Waals surface area contributed by atoms with Gasteiger partial charge in [-0.25, -0.2) is 0 Å². The van der Waals surface area contributed by atoms with Crippen LogP contribution >= 0.6 is 15.9 Å². The van der Waals surface area contributed by atoms with Gasteiger partial charge < -0.3 is 14.0 Å². The summed E-state index contributed by atoms with van der Waals surface area (Å²) in [5, 5.41) is 1.10. The van der Waals surface area contributed by atoms with E-state index in [1.54, 1.807) is 0 Å². The second kappa shape index (κ2) is 7.45. The number of aromatic nitrogens is 1. The van der Waals surface area contributed by atoms with Crippen LogP contribution in [-0.2, 0) is 20.8 Å². The minimum absolute atomic E-state index is 0.221. The number of rotatable bonds is 7. The Morgan fingerprint density at radius 1 is 1.25 bits per heavy atom. The lowest BCUT2D eigenvalue weighted by Gasteiger charge is -2.07. The van der Waals surface area contributed by atoms with Crippen molar-refractivity contribution in [3.63, 3.8) is 0 Å². The summed E-state index contributed by atoms with van der Waals surface area (Å²) < 4.78 is 13.3. The van der Waals surface area contributed by atoms with E-state index in [1.807, 2.05) is 42.0 Å². The first-order valence-corrected chi connectivity index (χ1v) is 7.47. The van der Waals surface area contributed by atoms with E-state index in [9.17, 15) is 4.79 Å². The first-order valence-electron chi connectivity index (χ1n) is 6.68. The highest BCUT2D eigenvalue weighted by Crippen LogP contribution is 2.20. The molecule has 0 aliphatic heterocycles. The van der Waals surface area contributed by atoms with E-state index in [0.29, 0.717) is 19.8 Å². The van der Waals surface area contributed by atoms with Crippen molar-refractivity contribution in [1.82, 2.24) is 4.57 Å². The minimum Gasteiger partial charge on any atom is -0.462 e. The highest BCUT2D eigenvalue weighted by Gasteiger charge is 2.07. The Kier molecular flexibility index (Phi) is 5.61. The standard InChI is InChI=1S/C15H18BrNO3/c1-2-7-19-8-9-20-15(18)11-17-6-5-12-10-13(16)3-4-14(12)17/h3-6,10H,2,7-9,11H2,1H3. The highest BCUT2D eigenvalue weighted by molar-refractivity contribution is 9.10. The van der Waals surface area contributed by atoms with E-state index in [-0.39, 0.29) is 12.5 Å². The summed E-state index contributed by atoms with van der Waals surface area (Å²) in [7, 11) is 0. The van der Waals surface area contributed by atoms with Crippen LogP contribution in [0.15, 0.2) is 34.9 Å². The number of halogens is 1. The SMILES string of the molecule is CCCOCCOC(=O)Cn1ccc2cc(Br)ccc21. The third-order valence-electron chi connectivity index (χ3n) is 2.87. The molecule has 4 nitrogen and oxygen atoms in total. The number of carbonyl (C=O) groups excluding carboxylic acids is 1. The number of ether oxygens (including phenoxy) is 2. The van der Waals surface area contributed by atoms with Gasteiger partial charge in [0, 0.05) is 28.2 Å². The Labute approximate surface area is 126 Å². The Bertz CT molecular complexity index is 580. The van der Waals surface area contributed by atoms with Crippen LogP contribution in [0.4, 0.5) is 0 Å². The van der Waals surface area contributed by atoms with Crippen LogP contribution in [0.25, 0.3) is 10.9 Å². The van der Waals surface area contributed by atoms with Crippen LogP contribution in [0, 0.1) is 0 Å². The zero-order valence-electron chi connectivity index (χ0n) is 11.5. The zero-order valence-corrected chi connectivity index (χ0v) is 13.1. The van der Waals surface area contributed by atoms with Crippen molar-refractivity contribution in [2.24, 2.45) is 0 Å². The average Bonchev–Trinajstić information content (AvgIpc) is 2.81. The third-order valence-corrected chi connectivity index (χ3v) is 3.36. The highest BCUT2D eigenvalue weighted by atomic mass is 79.9. The molecule has 0 N–H and O–H groups in total. The number of hydrogen-bond acceptors (Lipinski definition) is 3. The van der Waals surface area contributed by atoms with Gasteiger partial charge >= 0.3 is 5.97 Å². The Morgan fingerprint density at radius 3 is 2.90 bits per heavy atom. The van der Waals surface area contributed by atoms with Crippen LogP contribution in [0.2, 0.25) is 0 Å². The number of benzene rings is 1. The smallest absolute Gasteiger partial charge is 0.326 e. The molecule has 0 amide bonds. The van der Waals surface area contributed by atoms with Gasteiger partial charge in [0.1, 0.15) is 13.2 Å². The molecule has 1 heterocycles. The molecular formula is C15H18BrNO3. The molecule has 0 fully saturated rings. The topological polar surface area (TPSA) is 40.5 Å². The maximum atomic E-state index is 11.7. The van der Waals surface area contributed by atoms with Crippen LogP contribution < -0.4 is 0 Å². The lowest BCUT2D eigenvalue weighted by Crippen LogP contribution is -2.16. The Balaban J connectivity index is 1.87. The molecule has 0 aliphatic carbocycles. The van der Waals surface area contributed by atoms with Gasteiger partial charge in [-0.1, -0.05) is 22.9 Å². The molecule has 5 heteroatoms. The van der Waals surface area contributed by atoms with E-state index in [2.05, 4.69) is 15.9 Å². The average molecular weight is 340 g/mol. The fraction of sp³-hybridized carbons (Fsp3) is 0.400. The number of nitrogens with zero attached hydrogens (tertiary/aromatic N) is 1. The van der Waals surface area contributed by atoms with E-state index in [4.69, 9.17) is 9.47 Å². The number of carbonyl (C=O) groups is 1. The van der Waals surface area contributed by atoms with Crippen molar-refractivity contribution in [2.45, 2.75) is 19.9 Å². The minimum atomic E-state index is -0.245. The van der Waals surface area contributed by atoms with Gasteiger partial charge in [0.2, 0.25) is 0 Å². The fourth-order valence-corrected chi connectivity index (χ4v) is 2.33. The fourth-order valence-electron chi connectivity index (χ4n) is 1.95. The summed E-state index contributed by atoms with van der Waals surface area (Å²) in [5.41, 5.74) is 1.02. The number of hydrogen-bond donors (Lipinski definition) is 0. The van der Waals surface area contributed by atoms with Gasteiger partial charge in [0.15, 0.2) is 0 Å². The maximum Gasteiger partial charge on any atom is 0.326 e. The van der Waals surface area contributed by atoms with Crippen LogP contribution in [0.5, 0.6) is 0 Å². The molecule has 0 atom stereocenters. The molecule has 20 heavy (non-hydrogen) atoms. The van der Waals surface area contributed by atoms with Crippen molar-refractivity contribution in [3.05, 3.63) is 34.9 Å². The maximum absolute atomic E-state index is 11.7. The van der Waals surface area contributed by atoms with Gasteiger partial charge in [0.05, 0.1) is 6.61 Å². The lowest BCUT2D eigenvalue weighted by molar-refractivity contribution is -0.145. The van der Waals surface area contributed by atoms with Gasteiger partial charge in [-0.2, -0.15) is 0 Å². The molecule has 0 unspecified atom stereocenters. The first-order chi connectivity index (χ1) is 9.70. The summed E-state index contributed by atoms with van der Waals surface area (Å²) in [4.78, 5) is 11.7. The monoisotopic (exact) mass is 339 g/mol. The summed E-state index contributed by atoms with van der Waals surface area (Å²) in [6.45, 7) is 3.73. The molecule has 2 rings (SSSR count). The quantitative estimate of drug-likeness (QED) is 0.573. The number of fused-ring (bicyclic) bond motifs is 1. The summed E-state index contributed by atoms with van der Waals surface area (Å²) >= 11 is 3.43. The van der Waals surface area contributed by atoms with Crippen LogP contribution in [-0.4, -0.2) is 30.4 Å². The van der Waals surface area contributed by atoms with Crippen molar-refractivity contribution >= 4 is 32.8 Å². The van der Waals surface area contributed by atoms with Gasteiger partial charge in [-0.3, -0.25) is 4.79 Å². The molecule has 0 saturated heterocycles. The zero-order chi connectivity index (χ0) is 14.4. The molecule has 0 spiro atoms. The lowest BCUT2D eigenvalue weighted by atomic mass is 10.2. The van der Waals surface area contributed by atoms with Crippen molar-refractivity contribution < 1.29 is 14.3 Å². The molecular weight excluding hydrogens is 322 g/mol. The molecule has 108 valence electrons. The number of esters is 1. The molecule has 1 aromatic carbocycles. The van der Waals surface area contributed by atoms with E-state index in [1.165, 1.54) is 0 Å². The summed E-state index contributed by atoms with van der Waals surface area (Å²) in [6.07, 6.45) is 2.87. The molecule has 0 radical (unpaired) electrons. The van der Waals surface area contributed by atoms with Crippen molar-refractivity contribution in [1.29, 1.82) is 0 Å².